The molecule has 1 rings (SSSR count). The first-order valence-corrected chi connectivity index (χ1v) is 6.28. The van der Waals surface area contributed by atoms with Gasteiger partial charge in [-0.1, -0.05) is 25.5 Å². The van der Waals surface area contributed by atoms with E-state index in [-0.39, 0.29) is 0 Å². The molecule has 0 saturated carbocycles. The standard InChI is InChI=1S/C15H16N2O3/c1-2-4-13(15(19)20)17-14(18)8-7-11-5-3-6-12(9-11)10-16/h3,5-9,13H,2,4H2,1H3,(H,17,18)(H,19,20)/b8-7+. The van der Waals surface area contributed by atoms with E-state index in [0.29, 0.717) is 24.0 Å². The highest BCUT2D eigenvalue weighted by atomic mass is 16.4. The van der Waals surface area contributed by atoms with E-state index in [1.807, 2.05) is 13.0 Å². The van der Waals surface area contributed by atoms with Gasteiger partial charge in [0, 0.05) is 6.08 Å². The minimum absolute atomic E-state index is 0.388. The minimum Gasteiger partial charge on any atom is -0.480 e. The van der Waals surface area contributed by atoms with Crippen molar-refractivity contribution in [3.8, 4) is 6.07 Å². The summed E-state index contributed by atoms with van der Waals surface area (Å²) in [6, 6.07) is 7.91. The maximum atomic E-state index is 11.6. The Morgan fingerprint density at radius 2 is 2.25 bits per heavy atom. The van der Waals surface area contributed by atoms with Gasteiger partial charge in [0.2, 0.25) is 5.91 Å². The molecule has 1 aromatic carbocycles. The third kappa shape index (κ3) is 4.94. The van der Waals surface area contributed by atoms with E-state index in [1.54, 1.807) is 30.3 Å². The van der Waals surface area contributed by atoms with Crippen LogP contribution in [0.25, 0.3) is 6.08 Å². The normalized spacial score (nSPS) is 11.8. The first-order chi connectivity index (χ1) is 9.56. The molecule has 0 fully saturated rings. The Bertz CT molecular complexity index is 558. The Morgan fingerprint density at radius 1 is 1.50 bits per heavy atom. The molecule has 0 aliphatic carbocycles. The Morgan fingerprint density at radius 3 is 2.85 bits per heavy atom. The SMILES string of the molecule is CCCC(NC(=O)/C=C/c1cccc(C#N)c1)C(=O)O. The van der Waals surface area contributed by atoms with Crippen LogP contribution in [0, 0.1) is 11.3 Å². The highest BCUT2D eigenvalue weighted by Gasteiger charge is 2.17. The average Bonchev–Trinajstić information content (AvgIpc) is 2.44. The zero-order valence-corrected chi connectivity index (χ0v) is 11.2. The molecular weight excluding hydrogens is 256 g/mol. The summed E-state index contributed by atoms with van der Waals surface area (Å²) >= 11 is 0. The van der Waals surface area contributed by atoms with Gasteiger partial charge in [-0.3, -0.25) is 4.79 Å². The molecule has 1 aromatic rings. The van der Waals surface area contributed by atoms with E-state index < -0.39 is 17.9 Å². The number of carbonyl (C=O) groups excluding carboxylic acids is 1. The molecular formula is C15H16N2O3. The molecule has 5 nitrogen and oxygen atoms in total. The topological polar surface area (TPSA) is 90.2 Å². The van der Waals surface area contributed by atoms with Gasteiger partial charge in [-0.25, -0.2) is 4.79 Å². The highest BCUT2D eigenvalue weighted by molar-refractivity contribution is 5.94. The number of nitrogens with zero attached hydrogens (tertiary/aromatic N) is 1. The molecule has 5 heteroatoms. The van der Waals surface area contributed by atoms with Crippen LogP contribution < -0.4 is 5.32 Å². The number of benzene rings is 1. The Balaban J connectivity index is 2.67. The van der Waals surface area contributed by atoms with Crippen LogP contribution >= 0.6 is 0 Å². The molecule has 0 heterocycles. The summed E-state index contributed by atoms with van der Waals surface area (Å²) in [6.45, 7) is 1.85. The second-order valence-corrected chi connectivity index (χ2v) is 4.26. The quantitative estimate of drug-likeness (QED) is 0.774. The van der Waals surface area contributed by atoms with Crippen molar-refractivity contribution < 1.29 is 14.7 Å². The first kappa shape index (κ1) is 15.4. The van der Waals surface area contributed by atoms with Gasteiger partial charge in [-0.15, -0.1) is 0 Å². The summed E-state index contributed by atoms with van der Waals surface area (Å²) in [7, 11) is 0. The Labute approximate surface area is 117 Å². The third-order valence-electron chi connectivity index (χ3n) is 2.63. The van der Waals surface area contributed by atoms with Crippen LogP contribution in [0.15, 0.2) is 30.3 Å². The van der Waals surface area contributed by atoms with Gasteiger partial charge in [0.05, 0.1) is 11.6 Å². The zero-order chi connectivity index (χ0) is 15.0. The molecule has 0 aliphatic rings. The molecule has 0 saturated heterocycles. The minimum atomic E-state index is -1.04. The molecule has 2 N–H and O–H groups in total. The van der Waals surface area contributed by atoms with E-state index in [4.69, 9.17) is 10.4 Å². The van der Waals surface area contributed by atoms with Gasteiger partial charge in [0.1, 0.15) is 6.04 Å². The van der Waals surface area contributed by atoms with Crippen molar-refractivity contribution in [2.75, 3.05) is 0 Å². The van der Waals surface area contributed by atoms with E-state index in [2.05, 4.69) is 5.32 Å². The van der Waals surface area contributed by atoms with Gasteiger partial charge in [0.25, 0.3) is 0 Å². The number of nitriles is 1. The lowest BCUT2D eigenvalue weighted by Gasteiger charge is -2.11. The van der Waals surface area contributed by atoms with Crippen molar-refractivity contribution in [2.24, 2.45) is 0 Å². The van der Waals surface area contributed by atoms with Crippen molar-refractivity contribution in [3.63, 3.8) is 0 Å². The van der Waals surface area contributed by atoms with Crippen LogP contribution in [0.4, 0.5) is 0 Å². The number of hydrogen-bond acceptors (Lipinski definition) is 3. The molecule has 104 valence electrons. The van der Waals surface area contributed by atoms with Gasteiger partial charge >= 0.3 is 5.97 Å². The van der Waals surface area contributed by atoms with Crippen LogP contribution in [-0.2, 0) is 9.59 Å². The summed E-state index contributed by atoms with van der Waals surface area (Å²) < 4.78 is 0. The maximum Gasteiger partial charge on any atom is 0.326 e. The van der Waals surface area contributed by atoms with Gasteiger partial charge in [-0.05, 0) is 30.2 Å². The van der Waals surface area contributed by atoms with Crippen LogP contribution in [-0.4, -0.2) is 23.0 Å². The lowest BCUT2D eigenvalue weighted by Crippen LogP contribution is -2.39. The number of carbonyl (C=O) groups is 2. The molecule has 0 aliphatic heterocycles. The highest BCUT2D eigenvalue weighted by Crippen LogP contribution is 2.06. The van der Waals surface area contributed by atoms with E-state index >= 15 is 0 Å². The molecule has 20 heavy (non-hydrogen) atoms. The fourth-order valence-electron chi connectivity index (χ4n) is 1.65. The number of aliphatic carboxylic acids is 1. The second kappa shape index (κ2) is 7.74. The molecule has 1 amide bonds. The number of carboxylic acid groups (broad SMARTS) is 1. The van der Waals surface area contributed by atoms with E-state index in [0.717, 1.165) is 0 Å². The molecule has 0 radical (unpaired) electrons. The van der Waals surface area contributed by atoms with Crippen molar-refractivity contribution in [3.05, 3.63) is 41.5 Å². The number of amides is 1. The Hall–Kier alpha value is -2.61. The predicted molar refractivity (Wildman–Crippen MR) is 74.7 cm³/mol. The monoisotopic (exact) mass is 272 g/mol. The molecule has 0 aromatic heterocycles. The Kier molecular flexibility index (Phi) is 5.98. The maximum absolute atomic E-state index is 11.6. The van der Waals surface area contributed by atoms with Crippen LogP contribution in [0.2, 0.25) is 0 Å². The summed E-state index contributed by atoms with van der Waals surface area (Å²) in [6.07, 6.45) is 3.87. The molecule has 1 atom stereocenters. The fraction of sp³-hybridized carbons (Fsp3) is 0.267. The van der Waals surface area contributed by atoms with E-state index in [1.165, 1.54) is 6.08 Å². The fourth-order valence-corrected chi connectivity index (χ4v) is 1.65. The second-order valence-electron chi connectivity index (χ2n) is 4.26. The first-order valence-electron chi connectivity index (χ1n) is 6.28. The zero-order valence-electron chi connectivity index (χ0n) is 11.2. The largest absolute Gasteiger partial charge is 0.480 e. The molecule has 0 spiro atoms. The smallest absolute Gasteiger partial charge is 0.326 e. The van der Waals surface area contributed by atoms with Crippen molar-refractivity contribution in [2.45, 2.75) is 25.8 Å². The lowest BCUT2D eigenvalue weighted by atomic mass is 10.1. The van der Waals surface area contributed by atoms with Crippen molar-refractivity contribution in [1.82, 2.24) is 5.32 Å². The summed E-state index contributed by atoms with van der Waals surface area (Å²) in [5.41, 5.74) is 1.21. The average molecular weight is 272 g/mol. The number of nitrogens with one attached hydrogen (secondary N) is 1. The predicted octanol–water partition coefficient (Wildman–Crippen LogP) is 1.94. The summed E-state index contributed by atoms with van der Waals surface area (Å²) in [4.78, 5) is 22.5. The van der Waals surface area contributed by atoms with Crippen LogP contribution in [0.1, 0.15) is 30.9 Å². The van der Waals surface area contributed by atoms with Crippen molar-refractivity contribution >= 4 is 18.0 Å². The van der Waals surface area contributed by atoms with Crippen molar-refractivity contribution in [1.29, 1.82) is 5.26 Å². The number of carboxylic acids is 1. The number of rotatable bonds is 6. The van der Waals surface area contributed by atoms with E-state index in [9.17, 15) is 9.59 Å². The van der Waals surface area contributed by atoms with Gasteiger partial charge in [0.15, 0.2) is 0 Å². The van der Waals surface area contributed by atoms with Crippen LogP contribution in [0.5, 0.6) is 0 Å². The third-order valence-corrected chi connectivity index (χ3v) is 2.63. The van der Waals surface area contributed by atoms with Gasteiger partial charge < -0.3 is 10.4 Å². The summed E-state index contributed by atoms with van der Waals surface area (Å²) in [5, 5.41) is 20.1. The lowest BCUT2D eigenvalue weighted by molar-refractivity contribution is -0.141. The number of hydrogen-bond donors (Lipinski definition) is 2. The molecule has 0 bridgehead atoms. The summed E-state index contributed by atoms with van der Waals surface area (Å²) in [5.74, 6) is -1.51. The van der Waals surface area contributed by atoms with Crippen LogP contribution in [0.3, 0.4) is 0 Å². The molecule has 1 unspecified atom stereocenters. The van der Waals surface area contributed by atoms with Gasteiger partial charge in [-0.2, -0.15) is 5.26 Å².